The zero-order valence-electron chi connectivity index (χ0n) is 15.7. The first kappa shape index (κ1) is 17.7. The lowest BCUT2D eigenvalue weighted by molar-refractivity contribution is -0.136. The summed E-state index contributed by atoms with van der Waals surface area (Å²) >= 11 is 0. The largest absolute Gasteiger partial charge is 0.457 e. The van der Waals surface area contributed by atoms with Gasteiger partial charge in [-0.15, -0.1) is 0 Å². The summed E-state index contributed by atoms with van der Waals surface area (Å²) in [6, 6.07) is 15.4. The monoisotopic (exact) mass is 397 g/mol. The molecule has 0 aromatic heterocycles. The summed E-state index contributed by atoms with van der Waals surface area (Å²) in [5.74, 6) is 1.11. The van der Waals surface area contributed by atoms with Crippen molar-refractivity contribution in [2.45, 2.75) is 48.9 Å². The number of carbonyl (C=O) groups is 1. The summed E-state index contributed by atoms with van der Waals surface area (Å²) in [6.45, 7) is 0. The van der Waals surface area contributed by atoms with E-state index in [1.165, 1.54) is 6.26 Å². The van der Waals surface area contributed by atoms with Crippen molar-refractivity contribution in [3.63, 3.8) is 0 Å². The molecular weight excluding hydrogens is 374 g/mol. The molecule has 1 amide bonds. The standard InChI is InChI=1S/C22H23NO4S/c1-28(25,26)16-12-14-10-11-15(13-16)23(14)22(24)21-17-6-2-4-8-19(17)27-20-9-5-3-7-18(20)21/h2-9,14-16,21H,10-13H2,1H3. The molecule has 2 aromatic rings. The van der Waals surface area contributed by atoms with Gasteiger partial charge in [0, 0.05) is 29.5 Å². The van der Waals surface area contributed by atoms with E-state index >= 15 is 0 Å². The summed E-state index contributed by atoms with van der Waals surface area (Å²) in [4.78, 5) is 15.8. The van der Waals surface area contributed by atoms with Crippen LogP contribution in [0.5, 0.6) is 11.5 Å². The van der Waals surface area contributed by atoms with Gasteiger partial charge in [0.05, 0.1) is 11.2 Å². The van der Waals surface area contributed by atoms with Crippen molar-refractivity contribution in [1.29, 1.82) is 0 Å². The highest BCUT2D eigenvalue weighted by Crippen LogP contribution is 2.47. The van der Waals surface area contributed by atoms with Gasteiger partial charge in [0.2, 0.25) is 5.91 Å². The number of nitrogens with zero attached hydrogens (tertiary/aromatic N) is 1. The summed E-state index contributed by atoms with van der Waals surface area (Å²) < 4.78 is 30.2. The number of sulfone groups is 1. The average Bonchev–Trinajstić information content (AvgIpc) is 2.93. The van der Waals surface area contributed by atoms with Crippen molar-refractivity contribution >= 4 is 15.7 Å². The highest BCUT2D eigenvalue weighted by atomic mass is 32.2. The van der Waals surface area contributed by atoms with Crippen molar-refractivity contribution in [3.8, 4) is 11.5 Å². The number of carbonyl (C=O) groups excluding carboxylic acids is 1. The molecule has 2 atom stereocenters. The fourth-order valence-electron chi connectivity index (χ4n) is 5.16. The van der Waals surface area contributed by atoms with Crippen LogP contribution in [-0.4, -0.2) is 42.8 Å². The molecule has 2 unspecified atom stereocenters. The molecule has 3 aliphatic rings. The second-order valence-electron chi connectivity index (χ2n) is 8.16. The summed E-state index contributed by atoms with van der Waals surface area (Å²) in [5.41, 5.74) is 1.77. The molecule has 6 heteroatoms. The fourth-order valence-corrected chi connectivity index (χ4v) is 6.31. The molecule has 0 radical (unpaired) electrons. The Labute approximate surface area is 165 Å². The number of hydrogen-bond acceptors (Lipinski definition) is 4. The number of ether oxygens (including phenoxy) is 1. The van der Waals surface area contributed by atoms with Crippen LogP contribution in [0.2, 0.25) is 0 Å². The van der Waals surface area contributed by atoms with E-state index in [9.17, 15) is 13.2 Å². The van der Waals surface area contributed by atoms with Gasteiger partial charge in [-0.05, 0) is 37.8 Å². The highest BCUT2D eigenvalue weighted by molar-refractivity contribution is 7.91. The Bertz CT molecular complexity index is 989. The first-order valence-corrected chi connectivity index (χ1v) is 11.8. The van der Waals surface area contributed by atoms with Crippen LogP contribution in [0.4, 0.5) is 0 Å². The minimum absolute atomic E-state index is 0.00754. The van der Waals surface area contributed by atoms with E-state index in [0.29, 0.717) is 12.8 Å². The van der Waals surface area contributed by atoms with Gasteiger partial charge in [-0.1, -0.05) is 36.4 Å². The Morgan fingerprint density at radius 1 is 0.929 bits per heavy atom. The van der Waals surface area contributed by atoms with Gasteiger partial charge in [0.1, 0.15) is 21.3 Å². The number of benzene rings is 2. The SMILES string of the molecule is CS(=O)(=O)C1CC2CCC(C1)N2C(=O)C1c2ccccc2Oc2ccccc21. The lowest BCUT2D eigenvalue weighted by Crippen LogP contribution is -2.51. The molecule has 3 aliphatic heterocycles. The molecule has 3 heterocycles. The van der Waals surface area contributed by atoms with Crippen LogP contribution in [-0.2, 0) is 14.6 Å². The molecule has 5 nitrogen and oxygen atoms in total. The first-order valence-electron chi connectivity index (χ1n) is 9.80. The summed E-state index contributed by atoms with van der Waals surface area (Å²) in [5, 5.41) is -0.330. The lowest BCUT2D eigenvalue weighted by Gasteiger charge is -2.41. The van der Waals surface area contributed by atoms with E-state index in [1.54, 1.807) is 0 Å². The van der Waals surface area contributed by atoms with Crippen molar-refractivity contribution in [3.05, 3.63) is 59.7 Å². The number of para-hydroxylation sites is 2. The van der Waals surface area contributed by atoms with Crippen LogP contribution in [0.1, 0.15) is 42.7 Å². The van der Waals surface area contributed by atoms with Gasteiger partial charge in [-0.25, -0.2) is 8.42 Å². The maximum absolute atomic E-state index is 13.8. The highest BCUT2D eigenvalue weighted by Gasteiger charge is 2.48. The Balaban J connectivity index is 1.53. The Hall–Kier alpha value is -2.34. The van der Waals surface area contributed by atoms with Crippen molar-refractivity contribution in [2.24, 2.45) is 0 Å². The summed E-state index contributed by atoms with van der Waals surface area (Å²) in [7, 11) is -3.08. The fraction of sp³-hybridized carbons (Fsp3) is 0.409. The molecule has 0 saturated carbocycles. The predicted octanol–water partition coefficient (Wildman–Crippen LogP) is 3.49. The number of hydrogen-bond donors (Lipinski definition) is 0. The van der Waals surface area contributed by atoms with Crippen LogP contribution in [0.3, 0.4) is 0 Å². The quantitative estimate of drug-likeness (QED) is 0.778. The number of fused-ring (bicyclic) bond motifs is 4. The van der Waals surface area contributed by atoms with E-state index in [1.807, 2.05) is 53.4 Å². The van der Waals surface area contributed by atoms with E-state index in [4.69, 9.17) is 4.74 Å². The van der Waals surface area contributed by atoms with Crippen molar-refractivity contribution < 1.29 is 17.9 Å². The third-order valence-corrected chi connectivity index (χ3v) is 8.07. The zero-order chi connectivity index (χ0) is 19.5. The maximum Gasteiger partial charge on any atom is 0.235 e. The smallest absolute Gasteiger partial charge is 0.235 e. The van der Waals surface area contributed by atoms with E-state index < -0.39 is 15.8 Å². The maximum atomic E-state index is 13.8. The molecule has 5 rings (SSSR count). The number of amides is 1. The minimum Gasteiger partial charge on any atom is -0.457 e. The third-order valence-electron chi connectivity index (χ3n) is 6.48. The Morgan fingerprint density at radius 3 is 1.93 bits per heavy atom. The van der Waals surface area contributed by atoms with Crippen LogP contribution in [0, 0.1) is 0 Å². The van der Waals surface area contributed by atoms with Gasteiger partial charge in [-0.3, -0.25) is 4.79 Å². The lowest BCUT2D eigenvalue weighted by atomic mass is 9.85. The summed E-state index contributed by atoms with van der Waals surface area (Å²) in [6.07, 6.45) is 4.19. The van der Waals surface area contributed by atoms with Gasteiger partial charge < -0.3 is 9.64 Å². The molecule has 0 N–H and O–H groups in total. The van der Waals surface area contributed by atoms with Gasteiger partial charge in [0.25, 0.3) is 0 Å². The molecule has 2 saturated heterocycles. The van der Waals surface area contributed by atoms with Gasteiger partial charge >= 0.3 is 0 Å². The van der Waals surface area contributed by atoms with E-state index in [0.717, 1.165) is 35.5 Å². The average molecular weight is 397 g/mol. The molecule has 2 fully saturated rings. The topological polar surface area (TPSA) is 63.7 Å². The molecule has 0 aliphatic carbocycles. The number of piperidine rings is 1. The normalized spacial score (nSPS) is 26.3. The van der Waals surface area contributed by atoms with E-state index in [2.05, 4.69) is 0 Å². The molecule has 0 spiro atoms. The van der Waals surface area contributed by atoms with Crippen molar-refractivity contribution in [1.82, 2.24) is 4.90 Å². The van der Waals surface area contributed by atoms with E-state index in [-0.39, 0.29) is 23.2 Å². The van der Waals surface area contributed by atoms with Crippen LogP contribution in [0.15, 0.2) is 48.5 Å². The molecule has 2 bridgehead atoms. The van der Waals surface area contributed by atoms with Crippen LogP contribution >= 0.6 is 0 Å². The van der Waals surface area contributed by atoms with Gasteiger partial charge in [-0.2, -0.15) is 0 Å². The first-order chi connectivity index (χ1) is 13.4. The molecule has 146 valence electrons. The molecule has 28 heavy (non-hydrogen) atoms. The predicted molar refractivity (Wildman–Crippen MR) is 106 cm³/mol. The zero-order valence-corrected chi connectivity index (χ0v) is 16.6. The molecule has 2 aromatic carbocycles. The second-order valence-corrected chi connectivity index (χ2v) is 10.5. The number of rotatable bonds is 2. The Morgan fingerprint density at radius 2 is 1.43 bits per heavy atom. The third kappa shape index (κ3) is 2.73. The van der Waals surface area contributed by atoms with Gasteiger partial charge in [0.15, 0.2) is 0 Å². The Kier molecular flexibility index (Phi) is 4.02. The van der Waals surface area contributed by atoms with Crippen molar-refractivity contribution in [2.75, 3.05) is 6.26 Å². The molecular formula is C22H23NO4S. The second kappa shape index (κ2) is 6.34. The van der Waals surface area contributed by atoms with Crippen LogP contribution in [0.25, 0.3) is 0 Å². The van der Waals surface area contributed by atoms with Crippen LogP contribution < -0.4 is 4.74 Å². The minimum atomic E-state index is -3.08.